The van der Waals surface area contributed by atoms with Gasteiger partial charge in [0.15, 0.2) is 0 Å². The zero-order chi connectivity index (χ0) is 16.1. The zero-order valence-electron chi connectivity index (χ0n) is 12.6. The van der Waals surface area contributed by atoms with Gasteiger partial charge >= 0.3 is 0 Å². The van der Waals surface area contributed by atoms with Crippen LogP contribution in [0.25, 0.3) is 11.3 Å². The Morgan fingerprint density at radius 3 is 2.73 bits per heavy atom. The molecule has 2 unspecified atom stereocenters. The van der Waals surface area contributed by atoms with Crippen molar-refractivity contribution in [3.63, 3.8) is 0 Å². The molecular weight excluding hydrogens is 285 g/mol. The van der Waals surface area contributed by atoms with E-state index in [9.17, 15) is 14.3 Å². The largest absolute Gasteiger partial charge is 0.391 e. The lowest BCUT2D eigenvalue weighted by Gasteiger charge is -2.17. The second-order valence-electron chi connectivity index (χ2n) is 5.33. The minimum absolute atomic E-state index is 0.112. The molecule has 0 aliphatic carbocycles. The van der Waals surface area contributed by atoms with Gasteiger partial charge in [-0.05, 0) is 30.2 Å². The van der Waals surface area contributed by atoms with E-state index in [0.29, 0.717) is 16.8 Å². The molecule has 0 fully saturated rings. The molecule has 5 nitrogen and oxygen atoms in total. The first-order valence-corrected chi connectivity index (χ1v) is 7.28. The number of aromatic amines is 1. The summed E-state index contributed by atoms with van der Waals surface area (Å²) in [5, 5.41) is 19.2. The number of nitrogens with zero attached hydrogens (tertiary/aromatic N) is 1. The third-order valence-corrected chi connectivity index (χ3v) is 3.79. The first kappa shape index (κ1) is 16.2. The molecule has 1 heterocycles. The fourth-order valence-electron chi connectivity index (χ4n) is 2.06. The summed E-state index contributed by atoms with van der Waals surface area (Å²) in [6.07, 6.45) is 1.67. The highest BCUT2D eigenvalue weighted by molar-refractivity contribution is 5.99. The lowest BCUT2D eigenvalue weighted by atomic mass is 10.0. The van der Waals surface area contributed by atoms with Crippen molar-refractivity contribution in [1.82, 2.24) is 15.5 Å². The molecule has 1 aromatic carbocycles. The third kappa shape index (κ3) is 3.71. The molecule has 1 aromatic heterocycles. The summed E-state index contributed by atoms with van der Waals surface area (Å²) >= 11 is 0. The van der Waals surface area contributed by atoms with Crippen molar-refractivity contribution in [2.45, 2.75) is 26.4 Å². The summed E-state index contributed by atoms with van der Waals surface area (Å²) in [6, 6.07) is 5.80. The number of hydrogen-bond acceptors (Lipinski definition) is 3. The van der Waals surface area contributed by atoms with Crippen molar-refractivity contribution in [3.8, 4) is 11.3 Å². The van der Waals surface area contributed by atoms with Crippen LogP contribution in [0.2, 0.25) is 0 Å². The van der Waals surface area contributed by atoms with Gasteiger partial charge in [-0.2, -0.15) is 5.10 Å². The van der Waals surface area contributed by atoms with Gasteiger partial charge in [-0.15, -0.1) is 0 Å². The SMILES string of the molecule is CCC(C)C(O)CNC(=O)c1cn[nH]c1-c1ccc(F)cc1. The normalized spacial score (nSPS) is 13.6. The minimum Gasteiger partial charge on any atom is -0.391 e. The zero-order valence-corrected chi connectivity index (χ0v) is 12.6. The fraction of sp³-hybridized carbons (Fsp3) is 0.375. The highest BCUT2D eigenvalue weighted by atomic mass is 19.1. The van der Waals surface area contributed by atoms with Crippen molar-refractivity contribution >= 4 is 5.91 Å². The molecule has 6 heteroatoms. The van der Waals surface area contributed by atoms with Gasteiger partial charge in [0.25, 0.3) is 5.91 Å². The van der Waals surface area contributed by atoms with Crippen LogP contribution in [0, 0.1) is 11.7 Å². The van der Waals surface area contributed by atoms with Crippen molar-refractivity contribution in [3.05, 3.63) is 41.8 Å². The second kappa shape index (κ2) is 7.17. The maximum atomic E-state index is 13.0. The number of carbonyl (C=O) groups is 1. The maximum Gasteiger partial charge on any atom is 0.255 e. The summed E-state index contributed by atoms with van der Waals surface area (Å²) in [6.45, 7) is 4.10. The van der Waals surface area contributed by atoms with Crippen LogP contribution in [0.3, 0.4) is 0 Å². The van der Waals surface area contributed by atoms with E-state index in [1.165, 1.54) is 18.3 Å². The molecule has 0 saturated heterocycles. The van der Waals surface area contributed by atoms with E-state index in [1.54, 1.807) is 12.1 Å². The van der Waals surface area contributed by atoms with Gasteiger partial charge in [0.05, 0.1) is 23.6 Å². The second-order valence-corrected chi connectivity index (χ2v) is 5.33. The van der Waals surface area contributed by atoms with Crippen molar-refractivity contribution in [1.29, 1.82) is 0 Å². The Balaban J connectivity index is 2.08. The first-order chi connectivity index (χ1) is 10.5. The van der Waals surface area contributed by atoms with E-state index in [0.717, 1.165) is 6.42 Å². The van der Waals surface area contributed by atoms with Gasteiger partial charge in [0.1, 0.15) is 5.82 Å². The Morgan fingerprint density at radius 1 is 1.41 bits per heavy atom. The van der Waals surface area contributed by atoms with Crippen LogP contribution in [-0.4, -0.2) is 33.9 Å². The monoisotopic (exact) mass is 305 g/mol. The smallest absolute Gasteiger partial charge is 0.255 e. The standard InChI is InChI=1S/C16H20FN3O2/c1-3-10(2)14(21)9-18-16(22)13-8-19-20-15(13)11-4-6-12(17)7-5-11/h4-8,10,14,21H,3,9H2,1-2H3,(H,18,22)(H,19,20). The molecule has 3 N–H and O–H groups in total. The van der Waals surface area contributed by atoms with Gasteiger partial charge in [0.2, 0.25) is 0 Å². The number of aliphatic hydroxyl groups excluding tert-OH is 1. The van der Waals surface area contributed by atoms with E-state index in [2.05, 4.69) is 15.5 Å². The van der Waals surface area contributed by atoms with Crippen LogP contribution in [0.1, 0.15) is 30.6 Å². The van der Waals surface area contributed by atoms with E-state index >= 15 is 0 Å². The van der Waals surface area contributed by atoms with E-state index in [-0.39, 0.29) is 24.2 Å². The molecule has 2 atom stereocenters. The Hall–Kier alpha value is -2.21. The van der Waals surface area contributed by atoms with Gasteiger partial charge in [-0.25, -0.2) is 4.39 Å². The quantitative estimate of drug-likeness (QED) is 0.766. The molecule has 0 aliphatic heterocycles. The van der Waals surface area contributed by atoms with Crippen LogP contribution in [-0.2, 0) is 0 Å². The maximum absolute atomic E-state index is 13.0. The highest BCUT2D eigenvalue weighted by Gasteiger charge is 2.18. The Morgan fingerprint density at radius 2 is 2.09 bits per heavy atom. The Labute approximate surface area is 128 Å². The minimum atomic E-state index is -0.588. The molecular formula is C16H20FN3O2. The summed E-state index contributed by atoms with van der Waals surface area (Å²) in [4.78, 5) is 12.2. The van der Waals surface area contributed by atoms with Gasteiger partial charge in [-0.3, -0.25) is 9.89 Å². The lowest BCUT2D eigenvalue weighted by molar-refractivity contribution is 0.0851. The van der Waals surface area contributed by atoms with E-state index in [4.69, 9.17) is 0 Å². The van der Waals surface area contributed by atoms with Crippen LogP contribution in [0.5, 0.6) is 0 Å². The molecule has 2 aromatic rings. The molecule has 0 saturated carbocycles. The van der Waals surface area contributed by atoms with Gasteiger partial charge in [-0.1, -0.05) is 20.3 Å². The van der Waals surface area contributed by atoms with Gasteiger partial charge < -0.3 is 10.4 Å². The number of halogens is 1. The Kier molecular flexibility index (Phi) is 5.27. The molecule has 0 aliphatic rings. The average molecular weight is 305 g/mol. The van der Waals surface area contributed by atoms with Crippen LogP contribution >= 0.6 is 0 Å². The van der Waals surface area contributed by atoms with Crippen molar-refractivity contribution in [2.24, 2.45) is 5.92 Å². The molecule has 0 spiro atoms. The molecule has 0 bridgehead atoms. The number of nitrogens with one attached hydrogen (secondary N) is 2. The topological polar surface area (TPSA) is 78.0 Å². The number of rotatable bonds is 6. The van der Waals surface area contributed by atoms with Crippen LogP contribution in [0.15, 0.2) is 30.5 Å². The summed E-state index contributed by atoms with van der Waals surface area (Å²) in [7, 11) is 0. The number of benzene rings is 1. The third-order valence-electron chi connectivity index (χ3n) is 3.79. The molecule has 2 rings (SSSR count). The molecule has 1 amide bonds. The van der Waals surface area contributed by atoms with Crippen molar-refractivity contribution in [2.75, 3.05) is 6.54 Å². The number of carbonyl (C=O) groups excluding carboxylic acids is 1. The van der Waals surface area contributed by atoms with Gasteiger partial charge in [0, 0.05) is 12.1 Å². The molecule has 118 valence electrons. The van der Waals surface area contributed by atoms with E-state index < -0.39 is 6.10 Å². The average Bonchev–Trinajstić information content (AvgIpc) is 3.01. The highest BCUT2D eigenvalue weighted by Crippen LogP contribution is 2.21. The number of aliphatic hydroxyl groups is 1. The fourth-order valence-corrected chi connectivity index (χ4v) is 2.06. The number of hydrogen-bond donors (Lipinski definition) is 3. The number of H-pyrrole nitrogens is 1. The summed E-state index contributed by atoms with van der Waals surface area (Å²) in [5.41, 5.74) is 1.56. The molecule has 22 heavy (non-hydrogen) atoms. The number of amides is 1. The van der Waals surface area contributed by atoms with Crippen molar-refractivity contribution < 1.29 is 14.3 Å². The predicted molar refractivity (Wildman–Crippen MR) is 81.8 cm³/mol. The molecule has 0 radical (unpaired) electrons. The summed E-state index contributed by atoms with van der Waals surface area (Å²) in [5.74, 6) is -0.553. The Bertz CT molecular complexity index is 625. The lowest BCUT2D eigenvalue weighted by Crippen LogP contribution is -2.35. The van der Waals surface area contributed by atoms with Crippen LogP contribution < -0.4 is 5.32 Å². The van der Waals surface area contributed by atoms with Crippen LogP contribution in [0.4, 0.5) is 4.39 Å². The number of aromatic nitrogens is 2. The van der Waals surface area contributed by atoms with E-state index in [1.807, 2.05) is 13.8 Å². The predicted octanol–water partition coefficient (Wildman–Crippen LogP) is 2.35. The summed E-state index contributed by atoms with van der Waals surface area (Å²) < 4.78 is 13.0. The first-order valence-electron chi connectivity index (χ1n) is 7.28.